The monoisotopic (exact) mass is 466 g/mol. The second-order valence-electron chi connectivity index (χ2n) is 8.88. The molecule has 8 nitrogen and oxygen atoms in total. The minimum atomic E-state index is -1.11. The van der Waals surface area contributed by atoms with Crippen LogP contribution in [-0.2, 0) is 27.8 Å². The van der Waals surface area contributed by atoms with Gasteiger partial charge in [0.1, 0.15) is 11.5 Å². The van der Waals surface area contributed by atoms with E-state index in [0.29, 0.717) is 37.8 Å². The molecule has 0 spiro atoms. The van der Waals surface area contributed by atoms with Gasteiger partial charge >= 0.3 is 5.97 Å². The summed E-state index contributed by atoms with van der Waals surface area (Å²) in [5, 5.41) is 12.4. The molecule has 3 aromatic heterocycles. The Hall–Kier alpha value is -3.04. The van der Waals surface area contributed by atoms with Gasteiger partial charge in [0.05, 0.1) is 29.5 Å². The number of aryl methyl sites for hydroxylation is 2. The molecule has 0 atom stereocenters. The Balaban J connectivity index is 1.45. The van der Waals surface area contributed by atoms with Crippen LogP contribution in [0.5, 0.6) is 0 Å². The van der Waals surface area contributed by atoms with Crippen LogP contribution in [0.4, 0.5) is 5.82 Å². The highest BCUT2D eigenvalue weighted by Crippen LogP contribution is 2.47. The van der Waals surface area contributed by atoms with E-state index in [2.05, 4.69) is 12.3 Å². The van der Waals surface area contributed by atoms with Gasteiger partial charge in [-0.25, -0.2) is 14.8 Å². The highest BCUT2D eigenvalue weighted by Gasteiger charge is 2.41. The summed E-state index contributed by atoms with van der Waals surface area (Å²) < 4.78 is 6.90. The summed E-state index contributed by atoms with van der Waals surface area (Å²) in [6, 6.07) is 3.86. The quantitative estimate of drug-likeness (QED) is 0.535. The molecule has 1 aliphatic heterocycles. The molecule has 1 saturated carbocycles. The maximum Gasteiger partial charge on any atom is 0.328 e. The second-order valence-corrected chi connectivity index (χ2v) is 9.82. The number of carboxylic acid groups (broad SMARTS) is 1. The third kappa shape index (κ3) is 4.56. The minimum Gasteiger partial charge on any atom is -0.478 e. The molecule has 1 aliphatic carbocycles. The van der Waals surface area contributed by atoms with Crippen LogP contribution in [-0.4, -0.2) is 51.7 Å². The van der Waals surface area contributed by atoms with Crippen molar-refractivity contribution in [2.75, 3.05) is 31.2 Å². The Bertz CT molecular complexity index is 1290. The number of thiazole rings is 1. The molecule has 9 heteroatoms. The molecule has 172 valence electrons. The number of hydrogen-bond acceptors (Lipinski definition) is 7. The largest absolute Gasteiger partial charge is 0.478 e. The molecular weight excluding hydrogens is 440 g/mol. The predicted octanol–water partition coefficient (Wildman–Crippen LogP) is 2.92. The highest BCUT2D eigenvalue weighted by molar-refractivity contribution is 7.09. The zero-order valence-electron chi connectivity index (χ0n) is 18.5. The Morgan fingerprint density at radius 3 is 2.79 bits per heavy atom. The summed E-state index contributed by atoms with van der Waals surface area (Å²) in [5.41, 5.74) is 3.12. The number of morpholine rings is 1. The molecule has 4 heterocycles. The Labute approximate surface area is 195 Å². The van der Waals surface area contributed by atoms with Crippen molar-refractivity contribution in [3.05, 3.63) is 62.0 Å². The van der Waals surface area contributed by atoms with Crippen LogP contribution in [0.1, 0.15) is 41.6 Å². The number of aliphatic carboxylic acids is 1. The van der Waals surface area contributed by atoms with E-state index < -0.39 is 5.97 Å². The third-order valence-corrected chi connectivity index (χ3v) is 7.32. The normalized spacial score (nSPS) is 17.7. The van der Waals surface area contributed by atoms with E-state index in [9.17, 15) is 9.59 Å². The molecule has 2 fully saturated rings. The summed E-state index contributed by atoms with van der Waals surface area (Å²) >= 11 is 1.72. The lowest BCUT2D eigenvalue weighted by Gasteiger charge is -2.29. The van der Waals surface area contributed by atoms with Gasteiger partial charge in [0.15, 0.2) is 0 Å². The molecule has 0 unspecified atom stereocenters. The average molecular weight is 467 g/mol. The molecule has 3 aromatic rings. The molecule has 0 amide bonds. The molecule has 2 aliphatic rings. The van der Waals surface area contributed by atoms with Crippen molar-refractivity contribution in [2.24, 2.45) is 0 Å². The molecule has 0 aromatic carbocycles. The number of nitrogens with zero attached hydrogens (tertiary/aromatic N) is 4. The maximum atomic E-state index is 13.2. The van der Waals surface area contributed by atoms with Crippen LogP contribution in [0.3, 0.4) is 0 Å². The lowest BCUT2D eigenvalue weighted by Crippen LogP contribution is -2.38. The smallest absolute Gasteiger partial charge is 0.328 e. The van der Waals surface area contributed by atoms with Gasteiger partial charge in [-0.3, -0.25) is 9.20 Å². The summed E-state index contributed by atoms with van der Waals surface area (Å²) in [6.45, 7) is 4.55. The van der Waals surface area contributed by atoms with Crippen LogP contribution in [0.2, 0.25) is 0 Å². The van der Waals surface area contributed by atoms with Gasteiger partial charge in [-0.1, -0.05) is 6.92 Å². The molecular formula is C24H26N4O4S. The van der Waals surface area contributed by atoms with Crippen molar-refractivity contribution in [1.82, 2.24) is 14.4 Å². The lowest BCUT2D eigenvalue weighted by atomic mass is 10.1. The van der Waals surface area contributed by atoms with Crippen molar-refractivity contribution in [3.63, 3.8) is 0 Å². The third-order valence-electron chi connectivity index (χ3n) is 6.41. The van der Waals surface area contributed by atoms with E-state index in [1.54, 1.807) is 17.5 Å². The molecule has 5 rings (SSSR count). The molecule has 0 radical (unpaired) electrons. The van der Waals surface area contributed by atoms with Crippen molar-refractivity contribution in [1.29, 1.82) is 0 Å². The zero-order chi connectivity index (χ0) is 23.0. The number of fused-ring (bicyclic) bond motifs is 1. The number of ether oxygens (including phenoxy) is 1. The Morgan fingerprint density at radius 1 is 1.27 bits per heavy atom. The van der Waals surface area contributed by atoms with E-state index in [1.807, 2.05) is 17.0 Å². The van der Waals surface area contributed by atoms with Gasteiger partial charge in [-0.2, -0.15) is 0 Å². The van der Waals surface area contributed by atoms with Gasteiger partial charge in [-0.15, -0.1) is 11.3 Å². The first-order valence-corrected chi connectivity index (χ1v) is 12.0. The second kappa shape index (κ2) is 8.72. The van der Waals surface area contributed by atoms with Gasteiger partial charge in [-0.05, 0) is 43.0 Å². The van der Waals surface area contributed by atoms with Gasteiger partial charge < -0.3 is 14.7 Å². The van der Waals surface area contributed by atoms with Crippen LogP contribution in [0, 0.1) is 0 Å². The fraction of sp³-hybridized carbons (Fsp3) is 0.417. The first-order chi connectivity index (χ1) is 15.9. The lowest BCUT2D eigenvalue weighted by molar-refractivity contribution is -0.131. The van der Waals surface area contributed by atoms with Crippen molar-refractivity contribution in [3.8, 4) is 0 Å². The standard InChI is InChI=1S/C24H26N4O4S/c1-24(7-8-24)18-15-33-20(25-18)4-2-16-6-9-28-19(14-16)26-22(27-10-12-32-13-11-27)17(23(28)31)3-5-21(29)30/h3,5-6,9,14-15H,2,4,7-8,10-13H2,1H3,(H,29,30). The van der Waals surface area contributed by atoms with Crippen LogP contribution in [0.15, 0.2) is 34.6 Å². The molecule has 1 saturated heterocycles. The summed E-state index contributed by atoms with van der Waals surface area (Å²) in [4.78, 5) is 35.9. The molecule has 0 bridgehead atoms. The van der Waals surface area contributed by atoms with Crippen LogP contribution in [0.25, 0.3) is 11.7 Å². The summed E-state index contributed by atoms with van der Waals surface area (Å²) in [6.07, 6.45) is 8.13. The van der Waals surface area contributed by atoms with Crippen molar-refractivity contribution >= 4 is 34.8 Å². The first-order valence-electron chi connectivity index (χ1n) is 11.2. The van der Waals surface area contributed by atoms with Gasteiger partial charge in [0.25, 0.3) is 5.56 Å². The minimum absolute atomic E-state index is 0.272. The maximum absolute atomic E-state index is 13.2. The molecule has 33 heavy (non-hydrogen) atoms. The van der Waals surface area contributed by atoms with E-state index in [0.717, 1.165) is 29.5 Å². The van der Waals surface area contributed by atoms with E-state index >= 15 is 0 Å². The zero-order valence-corrected chi connectivity index (χ0v) is 19.3. The molecule has 1 N–H and O–H groups in total. The van der Waals surface area contributed by atoms with E-state index in [1.165, 1.54) is 29.0 Å². The fourth-order valence-corrected chi connectivity index (χ4v) is 5.01. The first kappa shape index (κ1) is 21.8. The topological polar surface area (TPSA) is 97.0 Å². The van der Waals surface area contributed by atoms with Crippen molar-refractivity contribution in [2.45, 2.75) is 38.0 Å². The predicted molar refractivity (Wildman–Crippen MR) is 127 cm³/mol. The Kier molecular flexibility index (Phi) is 5.76. The SMILES string of the molecule is CC1(c2csc(CCc3ccn4c(=O)c(C=CC(=O)O)c(N5CCOCC5)nc4c3)n2)CC1. The number of hydrogen-bond donors (Lipinski definition) is 1. The van der Waals surface area contributed by atoms with Crippen LogP contribution >= 0.6 is 11.3 Å². The number of rotatable bonds is 7. The van der Waals surface area contributed by atoms with E-state index in [4.69, 9.17) is 19.8 Å². The van der Waals surface area contributed by atoms with Crippen LogP contribution < -0.4 is 10.5 Å². The number of pyridine rings is 1. The highest BCUT2D eigenvalue weighted by atomic mass is 32.1. The van der Waals surface area contributed by atoms with E-state index in [-0.39, 0.29) is 16.5 Å². The average Bonchev–Trinajstić information content (AvgIpc) is 3.38. The van der Waals surface area contributed by atoms with Gasteiger partial charge in [0, 0.05) is 42.6 Å². The number of carbonyl (C=O) groups is 1. The van der Waals surface area contributed by atoms with Gasteiger partial charge in [0.2, 0.25) is 0 Å². The fourth-order valence-electron chi connectivity index (χ4n) is 4.05. The summed E-state index contributed by atoms with van der Waals surface area (Å²) in [7, 11) is 0. The number of carboxylic acids is 1. The summed E-state index contributed by atoms with van der Waals surface area (Å²) in [5.74, 6) is -0.607. The Morgan fingerprint density at radius 2 is 2.06 bits per heavy atom. The number of anilines is 1. The van der Waals surface area contributed by atoms with Crippen molar-refractivity contribution < 1.29 is 14.6 Å². The number of aromatic nitrogens is 3.